The van der Waals surface area contributed by atoms with E-state index < -0.39 is 20.2 Å². The maximum atomic E-state index is 10.6. The molecule has 0 heterocycles. The third-order valence-electron chi connectivity index (χ3n) is 24.6. The van der Waals surface area contributed by atoms with E-state index in [2.05, 4.69) is 76.8 Å². The Bertz CT molecular complexity index is 1940. The molecule has 0 saturated heterocycles. The molecule has 8 nitrogen and oxygen atoms in total. The maximum absolute atomic E-state index is 10.6. The lowest BCUT2D eigenvalue weighted by Crippen LogP contribution is -2.31. The summed E-state index contributed by atoms with van der Waals surface area (Å²) in [6.45, 7) is 15.4. The molecule has 3 aliphatic rings. The van der Waals surface area contributed by atoms with Crippen molar-refractivity contribution >= 4 is 63.4 Å². The fourth-order valence-corrected chi connectivity index (χ4v) is 21.8. The molecule has 3 rings (SSSR count). The van der Waals surface area contributed by atoms with Gasteiger partial charge < -0.3 is 11.1 Å². The Morgan fingerprint density at radius 1 is 0.284 bits per heavy atom. The molecule has 654 valence electrons. The zero-order chi connectivity index (χ0) is 79.3. The van der Waals surface area contributed by atoms with Crippen molar-refractivity contribution in [3.63, 3.8) is 0 Å². The molecule has 3 aliphatic carbocycles. The molecule has 0 aromatic carbocycles. The van der Waals surface area contributed by atoms with E-state index in [1.165, 1.54) is 451 Å². The molecule has 109 heavy (non-hydrogen) atoms. The first-order valence-corrected chi connectivity index (χ1v) is 57.5. The fraction of sp³-hybridized carbons (Fsp3) is 1.00. The van der Waals surface area contributed by atoms with Crippen molar-refractivity contribution in [2.24, 2.45) is 47.2 Å². The Balaban J connectivity index is 0.00000107. The zero-order valence-electron chi connectivity index (χ0n) is 74.3. The summed E-state index contributed by atoms with van der Waals surface area (Å²) < 4.78 is 51.2. The normalized spacial score (nSPS) is 18.3. The number of nitrogens with two attached hydrogens (primary N) is 1. The summed E-state index contributed by atoms with van der Waals surface area (Å²) in [6, 6.07) is 1.23. The van der Waals surface area contributed by atoms with Gasteiger partial charge in [0, 0.05) is 41.6 Å². The van der Waals surface area contributed by atoms with Crippen molar-refractivity contribution in [3.8, 4) is 0 Å². The fourth-order valence-electron chi connectivity index (χ4n) is 17.1. The number of rotatable bonds is 87. The second-order valence-electron chi connectivity index (χ2n) is 35.5. The molecule has 3 fully saturated rings. The first kappa shape index (κ1) is 108. The second-order valence-corrected chi connectivity index (χ2v) is 44.2. The van der Waals surface area contributed by atoms with Gasteiger partial charge in [0.25, 0.3) is 20.2 Å². The number of hydrogen-bond donors (Lipinski definition) is 2. The average Bonchev–Trinajstić information content (AvgIpc) is 1.72. The molecular formula is C95H192N2O6S6. The smallest absolute Gasteiger partial charge is 0.264 e. The zero-order valence-corrected chi connectivity index (χ0v) is 79.2. The minimum absolute atomic E-state index is 0.115. The van der Waals surface area contributed by atoms with Crippen LogP contribution in [0.1, 0.15) is 497 Å². The highest BCUT2D eigenvalue weighted by Crippen LogP contribution is 2.48. The number of hydrogen-bond acceptors (Lipinski definition) is 12. The van der Waals surface area contributed by atoms with Crippen LogP contribution in [0.15, 0.2) is 0 Å². The van der Waals surface area contributed by atoms with Gasteiger partial charge in [-0.1, -0.05) is 483 Å². The summed E-state index contributed by atoms with van der Waals surface area (Å²) in [4.78, 5) is 0. The van der Waals surface area contributed by atoms with Crippen molar-refractivity contribution in [2.75, 3.05) is 55.3 Å². The van der Waals surface area contributed by atoms with Gasteiger partial charge in [-0.15, -0.1) is 0 Å². The highest BCUT2D eigenvalue weighted by molar-refractivity contribution is 8.77. The summed E-state index contributed by atoms with van der Waals surface area (Å²) in [5.41, 5.74) is 6.31. The largest absolute Gasteiger partial charge is 0.328 e. The minimum Gasteiger partial charge on any atom is -0.328 e. The Hall–Kier alpha value is 1.14. The molecular weight excluding hydrogens is 1460 g/mol. The van der Waals surface area contributed by atoms with Gasteiger partial charge in [-0.05, 0) is 99.2 Å². The summed E-state index contributed by atoms with van der Waals surface area (Å²) >= 11 is 0. The van der Waals surface area contributed by atoms with Crippen LogP contribution < -0.4 is 11.1 Å². The average molecular weight is 1650 g/mol. The van der Waals surface area contributed by atoms with Crippen LogP contribution >= 0.6 is 43.2 Å². The molecule has 0 aliphatic heterocycles. The predicted molar refractivity (Wildman–Crippen MR) is 497 cm³/mol. The van der Waals surface area contributed by atoms with Gasteiger partial charge in [-0.2, -0.15) is 16.8 Å². The summed E-state index contributed by atoms with van der Waals surface area (Å²) in [5, 5.41) is 4.08. The van der Waals surface area contributed by atoms with E-state index in [-0.39, 0.29) is 13.2 Å². The van der Waals surface area contributed by atoms with E-state index in [4.69, 9.17) is 5.73 Å². The van der Waals surface area contributed by atoms with Crippen molar-refractivity contribution in [1.82, 2.24) is 5.32 Å². The molecule has 3 N–H and O–H groups in total. The number of nitrogens with one attached hydrogen (secondary N) is 1. The molecule has 0 bridgehead atoms. The summed E-state index contributed by atoms with van der Waals surface area (Å²) in [7, 11) is 0.415. The van der Waals surface area contributed by atoms with Crippen LogP contribution in [0.4, 0.5) is 0 Å². The lowest BCUT2D eigenvalue weighted by Gasteiger charge is -2.19. The summed E-state index contributed by atoms with van der Waals surface area (Å²) in [5.74, 6) is 11.3. The lowest BCUT2D eigenvalue weighted by atomic mass is 9.90. The van der Waals surface area contributed by atoms with E-state index in [9.17, 15) is 16.8 Å². The van der Waals surface area contributed by atoms with Crippen molar-refractivity contribution in [2.45, 2.75) is 510 Å². The highest BCUT2D eigenvalue weighted by Gasteiger charge is 2.37. The van der Waals surface area contributed by atoms with Crippen LogP contribution in [-0.4, -0.2) is 84.2 Å². The SMILES string of the molecule is CCCCCCCCCC(CCCCCCCC1CC1CCCCCCCC)CCCSSCCNC(CCCCCCCCC)CCCCCCCC1CC1CCCCCCCC.CCCCCCCCCC(N)CCCCCCCC1CC1CCCCCCCC.CS(=O)(=O)OCCSSCCOS(C)(=O)=O. The van der Waals surface area contributed by atoms with Crippen molar-refractivity contribution in [3.05, 3.63) is 0 Å². The minimum atomic E-state index is -3.37. The third kappa shape index (κ3) is 81.3. The van der Waals surface area contributed by atoms with Gasteiger partial charge in [-0.3, -0.25) is 8.37 Å². The van der Waals surface area contributed by atoms with Gasteiger partial charge in [-0.25, -0.2) is 0 Å². The molecule has 9 unspecified atom stereocenters. The van der Waals surface area contributed by atoms with Gasteiger partial charge in [0.1, 0.15) is 0 Å². The monoisotopic (exact) mass is 1650 g/mol. The van der Waals surface area contributed by atoms with Gasteiger partial charge in [0.2, 0.25) is 0 Å². The van der Waals surface area contributed by atoms with Gasteiger partial charge in [0.15, 0.2) is 0 Å². The molecule has 0 aromatic heterocycles. The molecule has 3 saturated carbocycles. The predicted octanol–water partition coefficient (Wildman–Crippen LogP) is 32.1. The summed E-state index contributed by atoms with van der Waals surface area (Å²) in [6.07, 6.45) is 106. The highest BCUT2D eigenvalue weighted by atomic mass is 33.1. The molecule has 14 heteroatoms. The van der Waals surface area contributed by atoms with Crippen LogP contribution in [0.2, 0.25) is 0 Å². The molecule has 0 aromatic rings. The number of unbranched alkanes of at least 4 members (excludes halogenated alkanes) is 45. The van der Waals surface area contributed by atoms with Crippen molar-refractivity contribution < 1.29 is 25.2 Å². The van der Waals surface area contributed by atoms with Crippen molar-refractivity contribution in [1.29, 1.82) is 0 Å². The van der Waals surface area contributed by atoms with E-state index >= 15 is 0 Å². The topological polar surface area (TPSA) is 125 Å². The van der Waals surface area contributed by atoms with E-state index in [0.717, 1.165) is 60.0 Å². The molecule has 0 radical (unpaired) electrons. The Labute approximate surface area is 700 Å². The van der Waals surface area contributed by atoms with Gasteiger partial charge >= 0.3 is 0 Å². The molecule has 9 atom stereocenters. The van der Waals surface area contributed by atoms with Crippen LogP contribution in [0, 0.1) is 41.4 Å². The first-order valence-electron chi connectivity index (χ1n) is 48.9. The lowest BCUT2D eigenvalue weighted by molar-refractivity contribution is 0.344. The molecule has 0 spiro atoms. The van der Waals surface area contributed by atoms with E-state index in [0.29, 0.717) is 17.5 Å². The van der Waals surface area contributed by atoms with Crippen LogP contribution in [0.3, 0.4) is 0 Å². The maximum Gasteiger partial charge on any atom is 0.264 e. The van der Waals surface area contributed by atoms with E-state index in [1.54, 1.807) is 44.9 Å². The Morgan fingerprint density at radius 2 is 0.505 bits per heavy atom. The third-order valence-corrected chi connectivity index (χ3v) is 30.6. The van der Waals surface area contributed by atoms with Crippen LogP contribution in [0.25, 0.3) is 0 Å². The molecule has 0 amide bonds. The van der Waals surface area contributed by atoms with E-state index in [1.807, 2.05) is 0 Å². The second kappa shape index (κ2) is 81.5. The standard InChI is InChI=1S/C61H121NS2.C28H57N.C6H14O6S4/c1-5-9-13-17-21-25-33-42-56(43-34-26-23-29-37-47-59-54-57(59)45-35-27-19-15-11-7-3)44-41-52-63-64-53-51-62-61(49-39-31-22-18-14-10-6-2)50-40-32-24-30-38-48-60-55-58(60)46-36-28-20-16-12-8-4;1-3-5-7-9-11-15-19-23-28(29)24-20-16-12-14-18-22-27-25-26(27)21-17-13-10-8-6-4-2;1-15(7,8)11-3-5-13-14-6-4-12-16(2,9)10/h56-62H,5-55H2,1-4H3;26-28H,3-25,29H2,1-2H3;3-6H2,1-2H3. The first-order chi connectivity index (χ1) is 53.2. The van der Waals surface area contributed by atoms with Gasteiger partial charge in [0.05, 0.1) is 25.7 Å². The van der Waals surface area contributed by atoms with Crippen LogP contribution in [-0.2, 0) is 28.6 Å². The Morgan fingerprint density at radius 3 is 0.780 bits per heavy atom. The van der Waals surface area contributed by atoms with Crippen LogP contribution in [0.5, 0.6) is 0 Å². The Kier molecular flexibility index (Phi) is 80.9. The quantitative estimate of drug-likeness (QED) is 0.0342.